The molecule has 0 aliphatic carbocycles. The summed E-state index contributed by atoms with van der Waals surface area (Å²) in [4.78, 5) is 5.06. The lowest BCUT2D eigenvalue weighted by Gasteiger charge is -2.15. The third kappa shape index (κ3) is 4.92. The first-order valence-electron chi connectivity index (χ1n) is 11.2. The summed E-state index contributed by atoms with van der Waals surface area (Å²) < 4.78 is 0. The van der Waals surface area contributed by atoms with Crippen LogP contribution >= 0.6 is 0 Å². The van der Waals surface area contributed by atoms with E-state index in [-0.39, 0.29) is 0 Å². The van der Waals surface area contributed by atoms with E-state index in [1.165, 1.54) is 5.56 Å². The molecule has 0 saturated heterocycles. The number of hydrogen-bond donors (Lipinski definition) is 1. The summed E-state index contributed by atoms with van der Waals surface area (Å²) in [6.45, 7) is 2.08. The summed E-state index contributed by atoms with van der Waals surface area (Å²) in [7, 11) is 0. The van der Waals surface area contributed by atoms with Crippen LogP contribution in [-0.4, -0.2) is 15.9 Å². The molecule has 4 heteroatoms. The highest BCUT2D eigenvalue weighted by Gasteiger charge is 2.17. The van der Waals surface area contributed by atoms with Gasteiger partial charge >= 0.3 is 0 Å². The molecule has 0 aliphatic rings. The molecule has 0 spiro atoms. The van der Waals surface area contributed by atoms with Crippen molar-refractivity contribution >= 4 is 22.9 Å². The van der Waals surface area contributed by atoms with Crippen molar-refractivity contribution < 1.29 is 0 Å². The average Bonchev–Trinajstić information content (AvgIpc) is 2.90. The second-order valence-corrected chi connectivity index (χ2v) is 8.01. The summed E-state index contributed by atoms with van der Waals surface area (Å²) in [5.41, 5.74) is 7.54. The molecule has 4 nitrogen and oxygen atoms in total. The van der Waals surface area contributed by atoms with Crippen molar-refractivity contribution in [3.05, 3.63) is 138 Å². The van der Waals surface area contributed by atoms with Gasteiger partial charge in [-0.05, 0) is 37.3 Å². The van der Waals surface area contributed by atoms with Crippen LogP contribution in [-0.2, 0) is 0 Å². The maximum Gasteiger partial charge on any atom is 0.162 e. The number of rotatable bonds is 6. The maximum absolute atomic E-state index is 5.06. The monoisotopic (exact) mass is 440 g/mol. The molecule has 1 N–H and O–H groups in total. The average molecular weight is 441 g/mol. The number of para-hydroxylation sites is 2. The third-order valence-corrected chi connectivity index (χ3v) is 5.48. The van der Waals surface area contributed by atoms with Crippen molar-refractivity contribution in [1.29, 1.82) is 0 Å². The van der Waals surface area contributed by atoms with E-state index in [0.717, 1.165) is 39.5 Å². The zero-order valence-corrected chi connectivity index (χ0v) is 18.9. The number of aromatic nitrogens is 2. The van der Waals surface area contributed by atoms with Gasteiger partial charge in [0.1, 0.15) is 0 Å². The maximum atomic E-state index is 5.06. The van der Waals surface area contributed by atoms with E-state index in [1.807, 2.05) is 78.9 Å². The zero-order valence-electron chi connectivity index (χ0n) is 18.9. The van der Waals surface area contributed by atoms with Crippen LogP contribution in [0.1, 0.15) is 16.7 Å². The Morgan fingerprint density at radius 3 is 1.97 bits per heavy atom. The number of nitrogens with zero attached hydrogens (tertiary/aromatic N) is 3. The molecular formula is C30H24N4. The molecular weight excluding hydrogens is 416 g/mol. The van der Waals surface area contributed by atoms with Gasteiger partial charge in [0.15, 0.2) is 5.82 Å². The highest BCUT2D eigenvalue weighted by atomic mass is 15.2. The first kappa shape index (κ1) is 21.3. The molecule has 1 aromatic heterocycles. The molecule has 5 rings (SSSR count). The fourth-order valence-corrected chi connectivity index (χ4v) is 3.70. The molecule has 164 valence electrons. The fourth-order valence-electron chi connectivity index (χ4n) is 3.70. The third-order valence-electron chi connectivity index (χ3n) is 5.48. The first-order valence-corrected chi connectivity index (χ1v) is 11.2. The summed E-state index contributed by atoms with van der Waals surface area (Å²) in [6.07, 6.45) is 0. The minimum atomic E-state index is 0.653. The van der Waals surface area contributed by atoms with Gasteiger partial charge in [0.05, 0.1) is 17.1 Å². The zero-order chi connectivity index (χ0) is 23.2. The lowest BCUT2D eigenvalue weighted by Crippen LogP contribution is -2.10. The normalized spacial score (nSPS) is 11.3. The van der Waals surface area contributed by atoms with Crippen LogP contribution in [0.3, 0.4) is 0 Å². The molecule has 0 saturated carbocycles. The van der Waals surface area contributed by atoms with E-state index < -0.39 is 0 Å². The highest BCUT2D eigenvalue weighted by molar-refractivity contribution is 6.17. The van der Waals surface area contributed by atoms with Gasteiger partial charge in [-0.15, -0.1) is 10.2 Å². The lowest BCUT2D eigenvalue weighted by atomic mass is 10.00. The quantitative estimate of drug-likeness (QED) is 0.281. The van der Waals surface area contributed by atoms with Gasteiger partial charge in [-0.2, -0.15) is 0 Å². The fraction of sp³-hybridized carbons (Fsp3) is 0.0333. The Labute approximate surface area is 199 Å². The summed E-state index contributed by atoms with van der Waals surface area (Å²) in [5.74, 6) is 0.653. The molecule has 0 radical (unpaired) electrons. The summed E-state index contributed by atoms with van der Waals surface area (Å²) >= 11 is 0. The van der Waals surface area contributed by atoms with Gasteiger partial charge in [-0.1, -0.05) is 96.6 Å². The smallest absolute Gasteiger partial charge is 0.162 e. The Morgan fingerprint density at radius 1 is 0.676 bits per heavy atom. The number of aliphatic imine (C=N–C) groups is 1. The van der Waals surface area contributed by atoms with Crippen LogP contribution in [0.25, 0.3) is 11.3 Å². The highest BCUT2D eigenvalue weighted by Crippen LogP contribution is 2.28. The second kappa shape index (κ2) is 9.92. The minimum Gasteiger partial charge on any atom is -0.338 e. The van der Waals surface area contributed by atoms with Gasteiger partial charge in [0.2, 0.25) is 0 Å². The molecule has 1 heterocycles. The lowest BCUT2D eigenvalue weighted by molar-refractivity contribution is 1.04. The SMILES string of the molecule is Cc1ccc(-c2cc(C(=Nc3ccccc3)c3ccccc3)c(Nc3ccccc3)nn2)cc1. The molecule has 4 aromatic carbocycles. The van der Waals surface area contributed by atoms with E-state index in [2.05, 4.69) is 64.9 Å². The van der Waals surface area contributed by atoms with Crippen LogP contribution in [0.4, 0.5) is 17.2 Å². The van der Waals surface area contributed by atoms with Crippen molar-refractivity contribution in [1.82, 2.24) is 10.2 Å². The van der Waals surface area contributed by atoms with E-state index >= 15 is 0 Å². The second-order valence-electron chi connectivity index (χ2n) is 8.01. The molecule has 0 fully saturated rings. The predicted octanol–water partition coefficient (Wildman–Crippen LogP) is 7.36. The number of aryl methyl sites for hydroxylation is 1. The predicted molar refractivity (Wildman–Crippen MR) is 140 cm³/mol. The summed E-state index contributed by atoms with van der Waals surface area (Å²) in [5, 5.41) is 12.6. The molecule has 5 aromatic rings. The molecule has 0 amide bonds. The van der Waals surface area contributed by atoms with Gasteiger partial charge < -0.3 is 5.32 Å². The van der Waals surface area contributed by atoms with Gasteiger partial charge in [-0.3, -0.25) is 0 Å². The Morgan fingerprint density at radius 2 is 1.29 bits per heavy atom. The number of anilines is 2. The van der Waals surface area contributed by atoms with Gasteiger partial charge in [-0.25, -0.2) is 4.99 Å². The standard InChI is InChI=1S/C30H24N4/c1-22-17-19-23(20-18-22)28-21-27(30(34-33-28)32-26-15-9-4-10-16-26)29(24-11-5-2-6-12-24)31-25-13-7-3-8-14-25/h2-21H,1H3,(H,32,34). The van der Waals surface area contributed by atoms with Crippen LogP contribution < -0.4 is 5.32 Å². The molecule has 0 atom stereocenters. The minimum absolute atomic E-state index is 0.653. The molecule has 0 aliphatic heterocycles. The van der Waals surface area contributed by atoms with Crippen molar-refractivity contribution in [2.75, 3.05) is 5.32 Å². The van der Waals surface area contributed by atoms with Crippen molar-refractivity contribution in [2.24, 2.45) is 4.99 Å². The summed E-state index contributed by atoms with van der Waals surface area (Å²) in [6, 6.07) is 40.6. The van der Waals surface area contributed by atoms with Crippen molar-refractivity contribution in [3.8, 4) is 11.3 Å². The van der Waals surface area contributed by atoms with Crippen molar-refractivity contribution in [3.63, 3.8) is 0 Å². The Balaban J connectivity index is 1.70. The van der Waals surface area contributed by atoms with E-state index in [0.29, 0.717) is 5.82 Å². The number of benzene rings is 4. The number of hydrogen-bond acceptors (Lipinski definition) is 4. The van der Waals surface area contributed by atoms with Crippen molar-refractivity contribution in [2.45, 2.75) is 6.92 Å². The van der Waals surface area contributed by atoms with Crippen LogP contribution in [0.2, 0.25) is 0 Å². The van der Waals surface area contributed by atoms with E-state index in [4.69, 9.17) is 4.99 Å². The topological polar surface area (TPSA) is 50.2 Å². The molecule has 0 bridgehead atoms. The van der Waals surface area contributed by atoms with Crippen LogP contribution in [0.5, 0.6) is 0 Å². The number of nitrogens with one attached hydrogen (secondary N) is 1. The largest absolute Gasteiger partial charge is 0.338 e. The van der Waals surface area contributed by atoms with E-state index in [9.17, 15) is 0 Å². The Kier molecular flexibility index (Phi) is 6.21. The van der Waals surface area contributed by atoms with Gasteiger partial charge in [0, 0.05) is 22.4 Å². The van der Waals surface area contributed by atoms with Gasteiger partial charge in [0.25, 0.3) is 0 Å². The Hall–Kier alpha value is -4.57. The molecule has 0 unspecified atom stereocenters. The Bertz CT molecular complexity index is 1400. The van der Waals surface area contributed by atoms with Crippen LogP contribution in [0.15, 0.2) is 126 Å². The molecule has 34 heavy (non-hydrogen) atoms. The van der Waals surface area contributed by atoms with Crippen LogP contribution in [0, 0.1) is 6.92 Å². The van der Waals surface area contributed by atoms with E-state index in [1.54, 1.807) is 0 Å². The first-order chi connectivity index (χ1) is 16.8.